The zero-order valence-corrected chi connectivity index (χ0v) is 50.7. The topological polar surface area (TPSA) is 243 Å². The van der Waals surface area contributed by atoms with Crippen molar-refractivity contribution in [1.82, 2.24) is 31.9 Å². The number of ketones is 1. The summed E-state index contributed by atoms with van der Waals surface area (Å²) in [5.74, 6) is 0.261. The maximum absolute atomic E-state index is 13.1. The molecule has 80 heavy (non-hydrogen) atoms. The van der Waals surface area contributed by atoms with E-state index in [0.717, 1.165) is 159 Å². The fraction of sp³-hybridized carbons (Fsp3) is 0.839. The van der Waals surface area contributed by atoms with E-state index < -0.39 is 23.9 Å². The SMILES string of the molecule is C/C(=C\[C@@H](C)CC[C@@H]1CCC[C@]2(CCC(C)[C@@H](CCCNC(=O)[C@@H](C)[C@@H](O)CNC(=O)CC3OC(CC(=O)/C=C/CCCCCCCNC(=O)CCCCCNC(=O)CCCC[C@@H]4SC[C@@H]5NC(=O)N[C@@H]54)CCC3C)O2)O1)[C@H](C)O. The number of carbonyl (C=O) groups excluding carboxylic acids is 6. The summed E-state index contributed by atoms with van der Waals surface area (Å²) >= 11 is 1.90. The lowest BCUT2D eigenvalue weighted by Gasteiger charge is -2.48. The number of ether oxygens (including phenoxy) is 3. The smallest absolute Gasteiger partial charge is 0.315 e. The van der Waals surface area contributed by atoms with E-state index in [2.05, 4.69) is 58.7 Å². The second-order valence-corrected chi connectivity index (χ2v) is 25.8. The number of rotatable bonds is 37. The van der Waals surface area contributed by atoms with Gasteiger partial charge >= 0.3 is 6.03 Å². The molecule has 5 saturated heterocycles. The average Bonchev–Trinajstić information content (AvgIpc) is 4.00. The molecule has 5 heterocycles. The normalized spacial score (nSPS) is 28.3. The predicted molar refractivity (Wildman–Crippen MR) is 316 cm³/mol. The molecule has 0 aromatic rings. The molecule has 0 saturated carbocycles. The van der Waals surface area contributed by atoms with Crippen LogP contribution in [0, 0.1) is 23.7 Å². The van der Waals surface area contributed by atoms with E-state index in [9.17, 15) is 39.0 Å². The van der Waals surface area contributed by atoms with Crippen molar-refractivity contribution in [1.29, 1.82) is 0 Å². The van der Waals surface area contributed by atoms with Crippen molar-refractivity contribution >= 4 is 47.2 Å². The Kier molecular flexibility index (Phi) is 30.4. The minimum atomic E-state index is -1.05. The number of carbonyl (C=O) groups is 6. The van der Waals surface area contributed by atoms with Crippen LogP contribution in [0.25, 0.3) is 0 Å². The van der Waals surface area contributed by atoms with Crippen LogP contribution in [0.3, 0.4) is 0 Å². The summed E-state index contributed by atoms with van der Waals surface area (Å²) in [4.78, 5) is 75.0. The molecular weight excluding hydrogens is 1040 g/mol. The van der Waals surface area contributed by atoms with Gasteiger partial charge in [-0.05, 0) is 146 Å². The van der Waals surface area contributed by atoms with Crippen molar-refractivity contribution in [3.63, 3.8) is 0 Å². The van der Waals surface area contributed by atoms with Gasteiger partial charge in [-0.25, -0.2) is 4.79 Å². The highest BCUT2D eigenvalue weighted by Gasteiger charge is 2.45. The first kappa shape index (κ1) is 67.2. The predicted octanol–water partition coefficient (Wildman–Crippen LogP) is 8.77. The number of hydrogen-bond acceptors (Lipinski definition) is 12. The van der Waals surface area contributed by atoms with Crippen molar-refractivity contribution in [3.8, 4) is 0 Å². The number of aliphatic hydroxyl groups excluding tert-OH is 2. The summed E-state index contributed by atoms with van der Waals surface area (Å²) < 4.78 is 19.7. The van der Waals surface area contributed by atoms with Crippen LogP contribution in [0.15, 0.2) is 23.8 Å². The Morgan fingerprint density at radius 2 is 1.40 bits per heavy atom. The summed E-state index contributed by atoms with van der Waals surface area (Å²) in [6.07, 6.45) is 26.7. The second kappa shape index (κ2) is 36.2. The summed E-state index contributed by atoms with van der Waals surface area (Å²) in [6.45, 7) is 13.7. The Balaban J connectivity index is 0.818. The zero-order valence-electron chi connectivity index (χ0n) is 49.8. The molecule has 17 nitrogen and oxygen atoms in total. The van der Waals surface area contributed by atoms with Crippen molar-refractivity contribution in [2.45, 2.75) is 275 Å². The van der Waals surface area contributed by atoms with Gasteiger partial charge in [-0.15, -0.1) is 0 Å². The Bertz CT molecular complexity index is 1970. The fourth-order valence-electron chi connectivity index (χ4n) is 11.9. The van der Waals surface area contributed by atoms with Crippen LogP contribution in [-0.2, 0) is 38.2 Å². The van der Waals surface area contributed by atoms with Crippen molar-refractivity contribution in [3.05, 3.63) is 23.8 Å². The van der Waals surface area contributed by atoms with Gasteiger partial charge < -0.3 is 56.3 Å². The Hall–Kier alpha value is -3.55. The molecule has 0 aromatic heterocycles. The second-order valence-electron chi connectivity index (χ2n) is 24.5. The van der Waals surface area contributed by atoms with Crippen molar-refractivity contribution in [2.24, 2.45) is 23.7 Å². The summed E-state index contributed by atoms with van der Waals surface area (Å²) in [7, 11) is 0. The molecule has 6 amide bonds. The molecule has 14 atom stereocenters. The first-order valence-corrected chi connectivity index (χ1v) is 32.5. The van der Waals surface area contributed by atoms with Gasteiger partial charge in [-0.1, -0.05) is 72.0 Å². The van der Waals surface area contributed by atoms with Crippen LogP contribution in [0.5, 0.6) is 0 Å². The highest BCUT2D eigenvalue weighted by Crippen LogP contribution is 2.43. The van der Waals surface area contributed by atoms with Crippen LogP contribution in [0.4, 0.5) is 4.79 Å². The van der Waals surface area contributed by atoms with Crippen LogP contribution in [0.2, 0.25) is 0 Å². The molecule has 1 spiro atoms. The summed E-state index contributed by atoms with van der Waals surface area (Å²) in [6, 6.07) is 0.381. The number of unbranched alkanes of at least 4 members (excludes halogenated alkanes) is 8. The Morgan fingerprint density at radius 3 is 2.15 bits per heavy atom. The number of aliphatic hydroxyl groups is 2. The van der Waals surface area contributed by atoms with E-state index in [1.54, 1.807) is 19.9 Å². The van der Waals surface area contributed by atoms with Gasteiger partial charge in [0, 0.05) is 69.3 Å². The lowest BCUT2D eigenvalue weighted by atomic mass is 9.85. The van der Waals surface area contributed by atoms with E-state index >= 15 is 0 Å². The number of urea groups is 1. The molecule has 8 N–H and O–H groups in total. The number of nitrogens with one attached hydrogen (secondary N) is 6. The molecule has 5 rings (SSSR count). The minimum absolute atomic E-state index is 0.0179. The molecule has 0 aromatic carbocycles. The van der Waals surface area contributed by atoms with Crippen LogP contribution in [0.1, 0.15) is 215 Å². The molecule has 4 unspecified atom stereocenters. The molecule has 0 radical (unpaired) electrons. The van der Waals surface area contributed by atoms with Gasteiger partial charge in [0.05, 0.1) is 61.0 Å². The largest absolute Gasteiger partial charge is 0.390 e. The van der Waals surface area contributed by atoms with Gasteiger partial charge in [-0.2, -0.15) is 11.8 Å². The number of allylic oxidation sites excluding steroid dienone is 3. The molecule has 0 bridgehead atoms. The lowest BCUT2D eigenvalue weighted by Crippen LogP contribution is -2.50. The average molecular weight is 1140 g/mol. The number of thioether (sulfide) groups is 1. The molecule has 5 aliphatic rings. The first-order valence-electron chi connectivity index (χ1n) is 31.4. The quantitative estimate of drug-likeness (QED) is 0.0126. The standard InChI is InChI=1S/C62H106N6O11S/c1-42(37-45(4)47(6)69)27-29-49-22-19-32-62(78-49)33-31-44(3)53(79-62)23-20-36-65-60(75)46(5)52(71)40-66-58(74)39-54-43(2)28-30-50(77-54)38-48(70)21-13-10-8-7-9-11-17-34-63-56(72)25-14-12-18-35-64-57(73)26-16-15-24-55-59-51(41-80-55)67-61(76)68-59/h13,21,37,42-44,46-47,49-55,59,69,71H,7-12,14-20,22-36,38-41H2,1-6H3,(H,63,72)(H,64,73)(H,65,75)(H,66,74)(H2,67,68,76)/b21-13+,45-37+/t42-,43?,44?,46-,47-,49-,50?,51-,52-,53+,54?,55-,59-,62-/m0/s1. The van der Waals surface area contributed by atoms with Gasteiger partial charge in [-0.3, -0.25) is 24.0 Å². The highest BCUT2D eigenvalue weighted by molar-refractivity contribution is 8.00. The van der Waals surface area contributed by atoms with Crippen LogP contribution < -0.4 is 31.9 Å². The Morgan fingerprint density at radius 1 is 0.713 bits per heavy atom. The third-order valence-corrected chi connectivity index (χ3v) is 19.0. The lowest BCUT2D eigenvalue weighted by molar-refractivity contribution is -0.324. The molecule has 456 valence electrons. The summed E-state index contributed by atoms with van der Waals surface area (Å²) in [5, 5.41) is 39.0. The first-order chi connectivity index (χ1) is 38.4. The van der Waals surface area contributed by atoms with Crippen LogP contribution in [-0.4, -0.2) is 137 Å². The third-order valence-electron chi connectivity index (χ3n) is 17.5. The monoisotopic (exact) mass is 1140 g/mol. The van der Waals surface area contributed by atoms with E-state index in [4.69, 9.17) is 14.2 Å². The fourth-order valence-corrected chi connectivity index (χ4v) is 13.5. The number of fused-ring (bicyclic) bond motifs is 1. The molecule has 5 aliphatic heterocycles. The van der Waals surface area contributed by atoms with E-state index in [0.29, 0.717) is 49.6 Å². The third kappa shape index (κ3) is 24.7. The Labute approximate surface area is 484 Å². The van der Waals surface area contributed by atoms with Crippen molar-refractivity contribution in [2.75, 3.05) is 31.9 Å². The maximum Gasteiger partial charge on any atom is 0.315 e. The van der Waals surface area contributed by atoms with Gasteiger partial charge in [0.15, 0.2) is 11.6 Å². The van der Waals surface area contributed by atoms with Crippen LogP contribution >= 0.6 is 11.8 Å². The summed E-state index contributed by atoms with van der Waals surface area (Å²) in [5.41, 5.74) is 1.01. The molecule has 0 aliphatic carbocycles. The molecule has 5 fully saturated rings. The molecule has 18 heteroatoms. The van der Waals surface area contributed by atoms with E-state index in [1.807, 2.05) is 24.8 Å². The number of hydrogen-bond donors (Lipinski definition) is 8. The molecular formula is C62H106N6O11S. The van der Waals surface area contributed by atoms with Gasteiger partial charge in [0.1, 0.15) is 0 Å². The van der Waals surface area contributed by atoms with Crippen molar-refractivity contribution < 1.29 is 53.2 Å². The highest BCUT2D eigenvalue weighted by atomic mass is 32.2. The zero-order chi connectivity index (χ0) is 57.9. The minimum Gasteiger partial charge on any atom is -0.390 e. The van der Waals surface area contributed by atoms with Gasteiger partial charge in [0.2, 0.25) is 23.6 Å². The number of amides is 6. The van der Waals surface area contributed by atoms with Gasteiger partial charge in [0.25, 0.3) is 0 Å². The maximum atomic E-state index is 13.1. The van der Waals surface area contributed by atoms with E-state index in [-0.39, 0.29) is 97.2 Å². The van der Waals surface area contributed by atoms with E-state index in [1.165, 1.54) is 0 Å².